The van der Waals surface area contributed by atoms with Crippen LogP contribution in [0.5, 0.6) is 0 Å². The van der Waals surface area contributed by atoms with Gasteiger partial charge in [-0.1, -0.05) is 12.1 Å². The van der Waals surface area contributed by atoms with Crippen LogP contribution in [0.3, 0.4) is 0 Å². The van der Waals surface area contributed by atoms with E-state index in [4.69, 9.17) is 10.9 Å². The Morgan fingerprint density at radius 3 is 2.94 bits per heavy atom. The Kier molecular flexibility index (Phi) is 3.36. The minimum atomic E-state index is 0.0268. The number of nitrogens with two attached hydrogens (primary N) is 1. The van der Waals surface area contributed by atoms with Crippen LogP contribution in [0.1, 0.15) is 37.0 Å². The second-order valence-corrected chi connectivity index (χ2v) is 4.80. The molecule has 1 unspecified atom stereocenters. The minimum Gasteiger partial charge on any atom is -0.409 e. The summed E-state index contributed by atoms with van der Waals surface area (Å²) in [5.74, 6) is 1.34. The summed E-state index contributed by atoms with van der Waals surface area (Å²) in [5, 5.41) is 11.8. The van der Waals surface area contributed by atoms with Crippen LogP contribution < -0.4 is 5.73 Å². The van der Waals surface area contributed by atoms with Crippen molar-refractivity contribution in [2.75, 3.05) is 0 Å². The fraction of sp³-hybridized carbons (Fsp3) is 0.667. The lowest BCUT2D eigenvalue weighted by Gasteiger charge is -2.17. The molecule has 0 fully saturated rings. The van der Waals surface area contributed by atoms with Crippen molar-refractivity contribution in [1.82, 2.24) is 9.55 Å². The first kappa shape index (κ1) is 12.0. The number of aryl methyl sites for hydroxylation is 2. The summed E-state index contributed by atoms with van der Waals surface area (Å²) in [7, 11) is 0. The molecule has 0 radical (unpaired) electrons. The number of oxime groups is 1. The zero-order chi connectivity index (χ0) is 12.4. The zero-order valence-electron chi connectivity index (χ0n) is 10.5. The van der Waals surface area contributed by atoms with Gasteiger partial charge >= 0.3 is 0 Å². The Balaban J connectivity index is 2.24. The number of nitrogens with zero attached hydrogens (tertiary/aromatic N) is 3. The van der Waals surface area contributed by atoms with Gasteiger partial charge in [-0.15, -0.1) is 0 Å². The molecule has 17 heavy (non-hydrogen) atoms. The van der Waals surface area contributed by atoms with Crippen LogP contribution in [0.4, 0.5) is 0 Å². The Labute approximate surface area is 101 Å². The van der Waals surface area contributed by atoms with E-state index in [2.05, 4.69) is 14.7 Å². The first-order chi connectivity index (χ1) is 8.13. The van der Waals surface area contributed by atoms with Gasteiger partial charge in [-0.05, 0) is 32.6 Å². The zero-order valence-corrected chi connectivity index (χ0v) is 10.5. The van der Waals surface area contributed by atoms with E-state index in [1.165, 1.54) is 24.2 Å². The summed E-state index contributed by atoms with van der Waals surface area (Å²) in [6, 6.07) is 0. The van der Waals surface area contributed by atoms with Crippen molar-refractivity contribution < 1.29 is 5.21 Å². The second kappa shape index (κ2) is 4.77. The lowest BCUT2D eigenvalue weighted by molar-refractivity contribution is 0.313. The number of rotatable bonds is 3. The summed E-state index contributed by atoms with van der Waals surface area (Å²) < 4.78 is 2.22. The van der Waals surface area contributed by atoms with Gasteiger partial charge < -0.3 is 15.5 Å². The lowest BCUT2D eigenvalue weighted by Crippen LogP contribution is -2.26. The Morgan fingerprint density at radius 2 is 2.24 bits per heavy atom. The van der Waals surface area contributed by atoms with Crippen LogP contribution in [-0.2, 0) is 19.4 Å². The monoisotopic (exact) mass is 236 g/mol. The summed E-state index contributed by atoms with van der Waals surface area (Å²) in [6.45, 7) is 4.73. The molecule has 0 amide bonds. The molecular weight excluding hydrogens is 216 g/mol. The minimum absolute atomic E-state index is 0.0268. The highest BCUT2D eigenvalue weighted by molar-refractivity contribution is 5.81. The quantitative estimate of drug-likeness (QED) is 0.361. The van der Waals surface area contributed by atoms with Crippen LogP contribution in [0.15, 0.2) is 5.16 Å². The fourth-order valence-corrected chi connectivity index (χ4v) is 2.44. The van der Waals surface area contributed by atoms with E-state index >= 15 is 0 Å². The Bertz CT molecular complexity index is 436. The van der Waals surface area contributed by atoms with Crippen molar-refractivity contribution in [2.24, 2.45) is 16.8 Å². The van der Waals surface area contributed by atoms with E-state index < -0.39 is 0 Å². The average Bonchev–Trinajstić information content (AvgIpc) is 2.65. The molecule has 0 saturated heterocycles. The standard InChI is InChI=1S/C12H20N4O/c1-8(12(13)15-17)7-16-9(2)14-10-5-3-4-6-11(10)16/h8,17H,3-7H2,1-2H3,(H2,13,15). The lowest BCUT2D eigenvalue weighted by atomic mass is 10.0. The molecule has 1 aromatic heterocycles. The molecule has 1 heterocycles. The van der Waals surface area contributed by atoms with Crippen molar-refractivity contribution in [3.63, 3.8) is 0 Å². The molecule has 0 bridgehead atoms. The van der Waals surface area contributed by atoms with Crippen LogP contribution in [0.2, 0.25) is 0 Å². The van der Waals surface area contributed by atoms with Crippen molar-refractivity contribution >= 4 is 5.84 Å². The molecule has 1 atom stereocenters. The summed E-state index contributed by atoms with van der Waals surface area (Å²) in [5.41, 5.74) is 8.20. The van der Waals surface area contributed by atoms with Crippen LogP contribution in [0, 0.1) is 12.8 Å². The van der Waals surface area contributed by atoms with E-state index in [9.17, 15) is 0 Å². The second-order valence-electron chi connectivity index (χ2n) is 4.80. The maximum atomic E-state index is 8.68. The highest BCUT2D eigenvalue weighted by atomic mass is 16.4. The third kappa shape index (κ3) is 2.28. The van der Waals surface area contributed by atoms with Gasteiger partial charge in [0.25, 0.3) is 0 Å². The van der Waals surface area contributed by atoms with Crippen LogP contribution >= 0.6 is 0 Å². The van der Waals surface area contributed by atoms with Gasteiger partial charge in [0.1, 0.15) is 11.7 Å². The van der Waals surface area contributed by atoms with Gasteiger partial charge in [-0.3, -0.25) is 0 Å². The first-order valence-electron chi connectivity index (χ1n) is 6.15. The van der Waals surface area contributed by atoms with Crippen LogP contribution in [-0.4, -0.2) is 20.6 Å². The molecule has 1 aliphatic carbocycles. The maximum Gasteiger partial charge on any atom is 0.143 e. The predicted octanol–water partition coefficient (Wildman–Crippen LogP) is 1.45. The van der Waals surface area contributed by atoms with E-state index in [-0.39, 0.29) is 11.8 Å². The average molecular weight is 236 g/mol. The largest absolute Gasteiger partial charge is 0.409 e. The van der Waals surface area contributed by atoms with Gasteiger partial charge in [-0.25, -0.2) is 4.98 Å². The highest BCUT2D eigenvalue weighted by Crippen LogP contribution is 2.22. The topological polar surface area (TPSA) is 76.4 Å². The molecule has 5 heteroatoms. The van der Waals surface area contributed by atoms with Gasteiger partial charge in [0, 0.05) is 18.2 Å². The smallest absolute Gasteiger partial charge is 0.143 e. The molecule has 0 spiro atoms. The fourth-order valence-electron chi connectivity index (χ4n) is 2.44. The molecule has 94 valence electrons. The number of imidazole rings is 1. The summed E-state index contributed by atoms with van der Waals surface area (Å²) >= 11 is 0. The van der Waals surface area contributed by atoms with Crippen molar-refractivity contribution in [3.8, 4) is 0 Å². The van der Waals surface area contributed by atoms with Crippen molar-refractivity contribution in [1.29, 1.82) is 0 Å². The molecule has 3 N–H and O–H groups in total. The molecular formula is C12H20N4O. The number of hydrogen-bond donors (Lipinski definition) is 2. The van der Waals surface area contributed by atoms with Gasteiger partial charge in [0.05, 0.1) is 5.69 Å². The molecule has 0 aromatic carbocycles. The Morgan fingerprint density at radius 1 is 1.53 bits per heavy atom. The van der Waals surface area contributed by atoms with Gasteiger partial charge in [-0.2, -0.15) is 0 Å². The van der Waals surface area contributed by atoms with E-state index in [0.29, 0.717) is 0 Å². The van der Waals surface area contributed by atoms with E-state index in [1.807, 2.05) is 13.8 Å². The number of amidine groups is 1. The van der Waals surface area contributed by atoms with E-state index in [1.54, 1.807) is 0 Å². The van der Waals surface area contributed by atoms with Gasteiger partial charge in [0.2, 0.25) is 0 Å². The predicted molar refractivity (Wildman–Crippen MR) is 66.2 cm³/mol. The molecule has 2 rings (SSSR count). The van der Waals surface area contributed by atoms with Crippen molar-refractivity contribution in [2.45, 2.75) is 46.1 Å². The van der Waals surface area contributed by atoms with E-state index in [0.717, 1.165) is 25.2 Å². The molecule has 1 aromatic rings. The first-order valence-corrected chi connectivity index (χ1v) is 6.15. The molecule has 0 aliphatic heterocycles. The maximum absolute atomic E-state index is 8.68. The molecule has 1 aliphatic rings. The number of hydrogen-bond acceptors (Lipinski definition) is 3. The SMILES string of the molecule is Cc1nc2c(n1CC(C)C(N)=NO)CCCC2. The van der Waals surface area contributed by atoms with Gasteiger partial charge in [0.15, 0.2) is 0 Å². The normalized spacial score (nSPS) is 17.9. The number of fused-ring (bicyclic) bond motifs is 1. The molecule has 0 saturated carbocycles. The Hall–Kier alpha value is -1.52. The summed E-state index contributed by atoms with van der Waals surface area (Å²) in [6.07, 6.45) is 4.65. The third-order valence-corrected chi connectivity index (χ3v) is 3.50. The highest BCUT2D eigenvalue weighted by Gasteiger charge is 2.20. The third-order valence-electron chi connectivity index (χ3n) is 3.50. The number of aromatic nitrogens is 2. The van der Waals surface area contributed by atoms with Crippen molar-refractivity contribution in [3.05, 3.63) is 17.2 Å². The van der Waals surface area contributed by atoms with Crippen LogP contribution in [0.25, 0.3) is 0 Å². The summed E-state index contributed by atoms with van der Waals surface area (Å²) in [4.78, 5) is 4.61. The molecule has 5 nitrogen and oxygen atoms in total.